The van der Waals surface area contributed by atoms with Gasteiger partial charge >= 0.3 is 0 Å². The molecule has 0 bridgehead atoms. The Morgan fingerprint density at radius 3 is 2.35 bits per heavy atom. The summed E-state index contributed by atoms with van der Waals surface area (Å²) in [5, 5.41) is 20.1. The van der Waals surface area contributed by atoms with Crippen molar-refractivity contribution in [1.82, 2.24) is 20.3 Å². The van der Waals surface area contributed by atoms with E-state index in [0.717, 1.165) is 6.07 Å². The van der Waals surface area contributed by atoms with Crippen molar-refractivity contribution in [2.45, 2.75) is 52.0 Å². The zero-order valence-electron chi connectivity index (χ0n) is 23.5. The summed E-state index contributed by atoms with van der Waals surface area (Å²) in [5.74, 6) is -1.50. The monoisotopic (exact) mass is 558 g/mol. The highest BCUT2D eigenvalue weighted by Gasteiger charge is 2.30. The third-order valence-electron chi connectivity index (χ3n) is 7.05. The number of nitrogens with zero attached hydrogens (tertiary/aromatic N) is 3. The molecule has 4 atom stereocenters. The number of nitrogens with one attached hydrogen (secondary N) is 3. The molecule has 216 valence electrons. The van der Waals surface area contributed by atoms with E-state index in [1.165, 1.54) is 26.4 Å². The molecule has 10 nitrogen and oxygen atoms in total. The molecule has 2 aromatic heterocycles. The van der Waals surface area contributed by atoms with Gasteiger partial charge < -0.3 is 30.0 Å². The number of methoxy groups -OCH3 is 2. The molecule has 3 heterocycles. The first-order valence-corrected chi connectivity index (χ1v) is 12.9. The van der Waals surface area contributed by atoms with Gasteiger partial charge in [0, 0.05) is 23.7 Å². The molecule has 0 amide bonds. The van der Waals surface area contributed by atoms with Crippen LogP contribution in [0.3, 0.4) is 0 Å². The van der Waals surface area contributed by atoms with E-state index >= 15 is 8.78 Å². The van der Waals surface area contributed by atoms with Crippen LogP contribution < -0.4 is 25.4 Å². The Balaban J connectivity index is 1.81. The number of hydrogen-bond acceptors (Lipinski definition) is 10. The molecule has 1 fully saturated rings. The van der Waals surface area contributed by atoms with Crippen LogP contribution in [0.2, 0.25) is 0 Å². The molecule has 1 saturated heterocycles. The van der Waals surface area contributed by atoms with E-state index in [2.05, 4.69) is 53.3 Å². The number of benzene rings is 1. The topological polar surface area (TPSA) is 123 Å². The van der Waals surface area contributed by atoms with Crippen LogP contribution in [0.25, 0.3) is 22.2 Å². The van der Waals surface area contributed by atoms with Crippen molar-refractivity contribution in [2.75, 3.05) is 38.1 Å². The maximum Gasteiger partial charge on any atom is 0.223 e. The average molecular weight is 559 g/mol. The van der Waals surface area contributed by atoms with E-state index in [9.17, 15) is 5.11 Å². The molecule has 0 spiro atoms. The Morgan fingerprint density at radius 1 is 1.10 bits per heavy atom. The van der Waals surface area contributed by atoms with Gasteiger partial charge in [-0.3, -0.25) is 5.32 Å². The highest BCUT2D eigenvalue weighted by atomic mass is 19.1. The largest absolute Gasteiger partial charge is 0.494 e. The molecular weight excluding hydrogens is 522 g/mol. The number of halogens is 2. The van der Waals surface area contributed by atoms with Crippen LogP contribution in [0.4, 0.5) is 20.5 Å². The van der Waals surface area contributed by atoms with E-state index in [4.69, 9.17) is 19.2 Å². The molecule has 1 aliphatic rings. The quantitative estimate of drug-likeness (QED) is 0.214. The first-order valence-electron chi connectivity index (χ1n) is 12.9. The van der Waals surface area contributed by atoms with Crippen LogP contribution in [0, 0.1) is 17.0 Å². The molecule has 1 unspecified atom stereocenters. The summed E-state index contributed by atoms with van der Waals surface area (Å²) in [4.78, 5) is 13.8. The minimum Gasteiger partial charge on any atom is -0.494 e. The van der Waals surface area contributed by atoms with Crippen molar-refractivity contribution in [1.29, 1.82) is 0 Å². The van der Waals surface area contributed by atoms with Crippen molar-refractivity contribution in [3.05, 3.63) is 42.6 Å². The van der Waals surface area contributed by atoms with Crippen molar-refractivity contribution in [2.24, 2.45) is 5.41 Å². The van der Waals surface area contributed by atoms with Crippen LogP contribution in [0.1, 0.15) is 27.7 Å². The van der Waals surface area contributed by atoms with Gasteiger partial charge in [-0.05, 0) is 24.5 Å². The Kier molecular flexibility index (Phi) is 8.71. The first kappa shape index (κ1) is 29.4. The van der Waals surface area contributed by atoms with Crippen molar-refractivity contribution in [3.63, 3.8) is 0 Å². The normalized spacial score (nSPS) is 18.8. The van der Waals surface area contributed by atoms with Gasteiger partial charge in [0.25, 0.3) is 0 Å². The molecule has 1 aliphatic heterocycles. The molecule has 12 heteroatoms. The van der Waals surface area contributed by atoms with Gasteiger partial charge in [-0.1, -0.05) is 27.4 Å². The maximum absolute atomic E-state index is 15.4. The zero-order chi connectivity index (χ0) is 29.2. The zero-order valence-corrected chi connectivity index (χ0v) is 23.5. The number of fused-ring (bicyclic) bond motifs is 1. The van der Waals surface area contributed by atoms with E-state index in [0.29, 0.717) is 35.9 Å². The van der Waals surface area contributed by atoms with Gasteiger partial charge in [0.15, 0.2) is 29.0 Å². The average Bonchev–Trinajstić information content (AvgIpc) is 3.34. The van der Waals surface area contributed by atoms with Crippen LogP contribution in [0.15, 0.2) is 31.0 Å². The number of rotatable bonds is 10. The summed E-state index contributed by atoms with van der Waals surface area (Å²) in [5.41, 5.74) is -0.0634. The Morgan fingerprint density at radius 2 is 1.75 bits per heavy atom. The number of aliphatic hydroxyl groups is 1. The minimum atomic E-state index is -0.900. The number of ether oxygens (including phenoxy) is 3. The third-order valence-corrected chi connectivity index (χ3v) is 7.05. The highest BCUT2D eigenvalue weighted by molar-refractivity contribution is 5.92. The molecule has 0 saturated carbocycles. The lowest BCUT2D eigenvalue weighted by molar-refractivity contribution is 0.149. The summed E-state index contributed by atoms with van der Waals surface area (Å²) < 4.78 is 46.6. The Bertz CT molecular complexity index is 1360. The standard InChI is InChI=1S/C28H36F2N6O4/c1-8-21(37)33-17-12-40-13-18(17)35-27-31-11-15-9-16(22-23(29)19(38-6)10-20(39-7)24(22)30)34-26(25(15)36-27)32-14(2)28(3,4)5/h8-11,14,17-18,21,33,37H,1,12-13H2,2-7H3,(H,32,34)(H,31,35,36)/t14-,17-,18+,21?/m0/s1. The summed E-state index contributed by atoms with van der Waals surface area (Å²) >= 11 is 0. The Labute approximate surface area is 232 Å². The van der Waals surface area contributed by atoms with Crippen molar-refractivity contribution in [3.8, 4) is 22.8 Å². The second-order valence-electron chi connectivity index (χ2n) is 10.7. The van der Waals surface area contributed by atoms with Gasteiger partial charge in [0.2, 0.25) is 5.95 Å². The number of hydrogen-bond donors (Lipinski definition) is 4. The van der Waals surface area contributed by atoms with Crippen molar-refractivity contribution >= 4 is 22.7 Å². The highest BCUT2D eigenvalue weighted by Crippen LogP contribution is 2.39. The summed E-state index contributed by atoms with van der Waals surface area (Å²) in [6.45, 7) is 12.5. The molecule has 1 aromatic carbocycles. The lowest BCUT2D eigenvalue weighted by Gasteiger charge is -2.29. The van der Waals surface area contributed by atoms with Gasteiger partial charge in [-0.2, -0.15) is 0 Å². The maximum atomic E-state index is 15.4. The third kappa shape index (κ3) is 6.08. The molecule has 3 aromatic rings. The van der Waals surface area contributed by atoms with E-state index in [1.54, 1.807) is 6.20 Å². The van der Waals surface area contributed by atoms with Gasteiger partial charge in [0.1, 0.15) is 11.7 Å². The fraction of sp³-hybridized carbons (Fsp3) is 0.464. The molecule has 0 radical (unpaired) electrons. The van der Waals surface area contributed by atoms with Crippen LogP contribution in [0.5, 0.6) is 11.5 Å². The van der Waals surface area contributed by atoms with E-state index in [1.807, 2.05) is 6.92 Å². The van der Waals surface area contributed by atoms with E-state index < -0.39 is 17.9 Å². The predicted molar refractivity (Wildman–Crippen MR) is 150 cm³/mol. The Hall–Kier alpha value is -3.61. The fourth-order valence-electron chi connectivity index (χ4n) is 4.18. The summed E-state index contributed by atoms with van der Waals surface area (Å²) in [6, 6.07) is 2.16. The summed E-state index contributed by atoms with van der Waals surface area (Å²) in [6.07, 6.45) is 2.07. The number of aromatic nitrogens is 3. The summed E-state index contributed by atoms with van der Waals surface area (Å²) in [7, 11) is 2.59. The van der Waals surface area contributed by atoms with Gasteiger partial charge in [0.05, 0.1) is 50.8 Å². The second kappa shape index (κ2) is 11.9. The first-order chi connectivity index (χ1) is 19.0. The lowest BCUT2D eigenvalue weighted by atomic mass is 9.88. The second-order valence-corrected chi connectivity index (χ2v) is 10.7. The van der Waals surface area contributed by atoms with Crippen LogP contribution in [-0.4, -0.2) is 71.8 Å². The molecule has 40 heavy (non-hydrogen) atoms. The molecule has 4 rings (SSSR count). The smallest absolute Gasteiger partial charge is 0.223 e. The van der Waals surface area contributed by atoms with Gasteiger partial charge in [-0.15, -0.1) is 0 Å². The SMILES string of the molecule is C=CC(O)N[C@H]1COC[C@H]1Nc1ncc2cc(-c3c(F)c(OC)cc(OC)c3F)nc(N[C@@H](C)C(C)(C)C)c2n1. The van der Waals surface area contributed by atoms with Crippen molar-refractivity contribution < 1.29 is 28.1 Å². The molecular formula is C28H36F2N6O4. The number of anilines is 2. The van der Waals surface area contributed by atoms with Gasteiger partial charge in [-0.25, -0.2) is 23.7 Å². The van der Waals surface area contributed by atoms with E-state index in [-0.39, 0.29) is 46.3 Å². The predicted octanol–water partition coefficient (Wildman–Crippen LogP) is 4.11. The molecule has 0 aliphatic carbocycles. The lowest BCUT2D eigenvalue weighted by Crippen LogP contribution is -2.47. The van der Waals surface area contributed by atoms with Crippen LogP contribution >= 0.6 is 0 Å². The van der Waals surface area contributed by atoms with Crippen LogP contribution in [-0.2, 0) is 4.74 Å². The minimum absolute atomic E-state index is 0.0273. The fourth-order valence-corrected chi connectivity index (χ4v) is 4.18. The molecule has 4 N–H and O–H groups in total. The number of aliphatic hydroxyl groups excluding tert-OH is 1. The number of pyridine rings is 1.